The number of nitrogens with zero attached hydrogens (tertiary/aromatic N) is 1. The van der Waals surface area contributed by atoms with Crippen molar-refractivity contribution >= 4 is 21.4 Å². The zero-order chi connectivity index (χ0) is 11.3. The SMILES string of the molecule is CC#CCNS(=O)(=O)c1ccc(C#N)s1. The van der Waals surface area contributed by atoms with Gasteiger partial charge in [0.25, 0.3) is 10.0 Å². The number of rotatable bonds is 3. The van der Waals surface area contributed by atoms with Gasteiger partial charge in [0.15, 0.2) is 0 Å². The van der Waals surface area contributed by atoms with E-state index in [1.807, 2.05) is 6.07 Å². The Labute approximate surface area is 92.6 Å². The number of thiophene rings is 1. The van der Waals surface area contributed by atoms with E-state index in [0.29, 0.717) is 4.88 Å². The highest BCUT2D eigenvalue weighted by Crippen LogP contribution is 2.20. The average molecular weight is 240 g/mol. The second-order valence-electron chi connectivity index (χ2n) is 2.48. The summed E-state index contributed by atoms with van der Waals surface area (Å²) >= 11 is 0.938. The van der Waals surface area contributed by atoms with Crippen LogP contribution < -0.4 is 4.72 Å². The van der Waals surface area contributed by atoms with Crippen LogP contribution in [0.2, 0.25) is 0 Å². The molecule has 0 amide bonds. The average Bonchev–Trinajstić information content (AvgIpc) is 2.66. The van der Waals surface area contributed by atoms with Gasteiger partial charge >= 0.3 is 0 Å². The first-order chi connectivity index (χ1) is 7.10. The Morgan fingerprint density at radius 3 is 2.80 bits per heavy atom. The highest BCUT2D eigenvalue weighted by atomic mass is 32.2. The van der Waals surface area contributed by atoms with Crippen molar-refractivity contribution in [2.24, 2.45) is 0 Å². The summed E-state index contributed by atoms with van der Waals surface area (Å²) in [5.41, 5.74) is 0. The lowest BCUT2D eigenvalue weighted by atomic mass is 10.5. The summed E-state index contributed by atoms with van der Waals surface area (Å²) in [6.07, 6.45) is 0. The van der Waals surface area contributed by atoms with Gasteiger partial charge in [0, 0.05) is 0 Å². The minimum absolute atomic E-state index is 0.0820. The number of hydrogen-bond acceptors (Lipinski definition) is 4. The van der Waals surface area contributed by atoms with Gasteiger partial charge in [-0.3, -0.25) is 0 Å². The fourth-order valence-electron chi connectivity index (χ4n) is 0.815. The van der Waals surface area contributed by atoms with E-state index in [0.717, 1.165) is 11.3 Å². The Bertz CT molecular complexity index is 541. The molecule has 15 heavy (non-hydrogen) atoms. The summed E-state index contributed by atoms with van der Waals surface area (Å²) in [7, 11) is -3.51. The third-order valence-electron chi connectivity index (χ3n) is 1.48. The summed E-state index contributed by atoms with van der Waals surface area (Å²) in [5.74, 6) is 5.18. The van der Waals surface area contributed by atoms with Gasteiger partial charge in [-0.15, -0.1) is 17.3 Å². The maximum Gasteiger partial charge on any atom is 0.250 e. The van der Waals surface area contributed by atoms with Gasteiger partial charge in [-0.2, -0.15) is 9.98 Å². The molecule has 0 saturated carbocycles. The van der Waals surface area contributed by atoms with Crippen molar-refractivity contribution in [3.63, 3.8) is 0 Å². The fourth-order valence-corrected chi connectivity index (χ4v) is 2.89. The lowest BCUT2D eigenvalue weighted by molar-refractivity contribution is 0.588. The van der Waals surface area contributed by atoms with Gasteiger partial charge in [-0.1, -0.05) is 5.92 Å². The van der Waals surface area contributed by atoms with Crippen LogP contribution in [0.1, 0.15) is 11.8 Å². The van der Waals surface area contributed by atoms with Crippen molar-refractivity contribution in [3.05, 3.63) is 17.0 Å². The second-order valence-corrected chi connectivity index (χ2v) is 5.56. The maximum absolute atomic E-state index is 11.6. The Hall–Kier alpha value is -1.34. The van der Waals surface area contributed by atoms with Gasteiger partial charge in [0.2, 0.25) is 0 Å². The van der Waals surface area contributed by atoms with E-state index in [-0.39, 0.29) is 10.8 Å². The molecule has 0 spiro atoms. The lowest BCUT2D eigenvalue weighted by Crippen LogP contribution is -2.23. The molecule has 6 heteroatoms. The summed E-state index contributed by atoms with van der Waals surface area (Å²) < 4.78 is 25.6. The van der Waals surface area contributed by atoms with Crippen LogP contribution in [0.3, 0.4) is 0 Å². The Balaban J connectivity index is 2.86. The van der Waals surface area contributed by atoms with E-state index < -0.39 is 10.0 Å². The first kappa shape index (κ1) is 11.7. The van der Waals surface area contributed by atoms with Crippen LogP contribution in [0.4, 0.5) is 0 Å². The first-order valence-electron chi connectivity index (χ1n) is 3.99. The molecule has 1 aromatic rings. The Morgan fingerprint density at radius 2 is 2.27 bits per heavy atom. The number of nitrogens with one attached hydrogen (secondary N) is 1. The van der Waals surface area contributed by atoms with E-state index in [1.54, 1.807) is 6.92 Å². The third-order valence-corrected chi connectivity index (χ3v) is 4.37. The standard InChI is InChI=1S/C9H8N2O2S2/c1-2-3-6-11-15(12,13)9-5-4-8(7-10)14-9/h4-5,11H,6H2,1H3. The van der Waals surface area contributed by atoms with Crippen LogP contribution in [0, 0.1) is 23.2 Å². The van der Waals surface area contributed by atoms with Crippen LogP contribution in [0.5, 0.6) is 0 Å². The number of hydrogen-bond donors (Lipinski definition) is 1. The molecule has 4 nitrogen and oxygen atoms in total. The molecule has 1 rings (SSSR count). The number of sulfonamides is 1. The number of nitriles is 1. The molecule has 0 saturated heterocycles. The molecular weight excluding hydrogens is 232 g/mol. The van der Waals surface area contributed by atoms with Crippen LogP contribution in [-0.2, 0) is 10.0 Å². The normalized spacial score (nSPS) is 10.1. The molecule has 0 unspecified atom stereocenters. The predicted octanol–water partition coefficient (Wildman–Crippen LogP) is 0.921. The van der Waals surface area contributed by atoms with Crippen LogP contribution in [0.25, 0.3) is 0 Å². The quantitative estimate of drug-likeness (QED) is 0.799. The van der Waals surface area contributed by atoms with Crippen molar-refractivity contribution in [1.82, 2.24) is 4.72 Å². The molecular formula is C9H8N2O2S2. The topological polar surface area (TPSA) is 70.0 Å². The van der Waals surface area contributed by atoms with Gasteiger partial charge in [0.05, 0.1) is 6.54 Å². The monoisotopic (exact) mass is 240 g/mol. The van der Waals surface area contributed by atoms with Gasteiger partial charge in [0.1, 0.15) is 15.2 Å². The molecule has 0 aliphatic heterocycles. The summed E-state index contributed by atoms with van der Waals surface area (Å²) in [4.78, 5) is 0.372. The van der Waals surface area contributed by atoms with Gasteiger partial charge < -0.3 is 0 Å². The van der Waals surface area contributed by atoms with E-state index in [2.05, 4.69) is 16.6 Å². The molecule has 1 N–H and O–H groups in total. The Kier molecular flexibility index (Phi) is 3.87. The van der Waals surface area contributed by atoms with E-state index in [4.69, 9.17) is 5.26 Å². The molecule has 1 heterocycles. The second kappa shape index (κ2) is 4.94. The van der Waals surface area contributed by atoms with Crippen molar-refractivity contribution in [1.29, 1.82) is 5.26 Å². The predicted molar refractivity (Wildman–Crippen MR) is 57.7 cm³/mol. The zero-order valence-electron chi connectivity index (χ0n) is 7.94. The summed E-state index contributed by atoms with van der Waals surface area (Å²) in [5, 5.41) is 8.55. The van der Waals surface area contributed by atoms with Crippen molar-refractivity contribution in [2.45, 2.75) is 11.1 Å². The van der Waals surface area contributed by atoms with Crippen molar-refractivity contribution in [2.75, 3.05) is 6.54 Å². The summed E-state index contributed by atoms with van der Waals surface area (Å²) in [6.45, 7) is 1.71. The lowest BCUT2D eigenvalue weighted by Gasteiger charge is -1.98. The minimum atomic E-state index is -3.51. The van der Waals surface area contributed by atoms with E-state index in [1.165, 1.54) is 12.1 Å². The van der Waals surface area contributed by atoms with E-state index >= 15 is 0 Å². The molecule has 0 aliphatic carbocycles. The largest absolute Gasteiger partial charge is 0.250 e. The van der Waals surface area contributed by atoms with Crippen molar-refractivity contribution in [3.8, 4) is 17.9 Å². The van der Waals surface area contributed by atoms with Crippen LogP contribution in [-0.4, -0.2) is 15.0 Å². The summed E-state index contributed by atoms with van der Waals surface area (Å²) in [6, 6.07) is 4.77. The molecule has 0 aromatic carbocycles. The fraction of sp³-hybridized carbons (Fsp3) is 0.222. The van der Waals surface area contributed by atoms with Gasteiger partial charge in [-0.25, -0.2) is 8.42 Å². The molecule has 0 bridgehead atoms. The van der Waals surface area contributed by atoms with Crippen LogP contribution in [0.15, 0.2) is 16.3 Å². The smallest absolute Gasteiger partial charge is 0.206 e. The maximum atomic E-state index is 11.6. The van der Waals surface area contributed by atoms with Gasteiger partial charge in [-0.05, 0) is 19.1 Å². The molecule has 0 fully saturated rings. The highest BCUT2D eigenvalue weighted by molar-refractivity contribution is 7.91. The zero-order valence-corrected chi connectivity index (χ0v) is 9.58. The highest BCUT2D eigenvalue weighted by Gasteiger charge is 2.15. The molecule has 78 valence electrons. The minimum Gasteiger partial charge on any atom is -0.206 e. The van der Waals surface area contributed by atoms with E-state index in [9.17, 15) is 8.42 Å². The molecule has 0 aliphatic rings. The third kappa shape index (κ3) is 3.07. The van der Waals surface area contributed by atoms with Crippen molar-refractivity contribution < 1.29 is 8.42 Å². The first-order valence-corrected chi connectivity index (χ1v) is 6.29. The molecule has 1 aromatic heterocycles. The Morgan fingerprint density at radius 1 is 1.53 bits per heavy atom. The molecule has 0 atom stereocenters. The molecule has 0 radical (unpaired) electrons. The van der Waals surface area contributed by atoms with Crippen LogP contribution >= 0.6 is 11.3 Å².